The van der Waals surface area contributed by atoms with E-state index in [0.29, 0.717) is 28.7 Å². The molecule has 0 bridgehead atoms. The molecule has 0 unspecified atom stereocenters. The van der Waals surface area contributed by atoms with Crippen LogP contribution in [0.2, 0.25) is 0 Å². The summed E-state index contributed by atoms with van der Waals surface area (Å²) in [7, 11) is 0. The normalized spacial score (nSPS) is 18.0. The van der Waals surface area contributed by atoms with Crippen LogP contribution in [0, 0.1) is 11.8 Å². The minimum atomic E-state index is -0.363. The Bertz CT molecular complexity index is 985. The van der Waals surface area contributed by atoms with Crippen molar-refractivity contribution in [2.24, 2.45) is 11.8 Å². The molecule has 0 radical (unpaired) electrons. The molecule has 3 N–H and O–H groups in total. The molecule has 2 aromatic heterocycles. The van der Waals surface area contributed by atoms with Crippen LogP contribution in [0.3, 0.4) is 0 Å². The van der Waals surface area contributed by atoms with Gasteiger partial charge in [0.25, 0.3) is 5.91 Å². The fourth-order valence-corrected chi connectivity index (χ4v) is 2.77. The number of hydrogen-bond donors (Lipinski definition) is 3. The van der Waals surface area contributed by atoms with E-state index in [1.54, 1.807) is 42.6 Å². The molecule has 0 aliphatic heterocycles. The van der Waals surface area contributed by atoms with Gasteiger partial charge in [-0.15, -0.1) is 5.10 Å². The van der Waals surface area contributed by atoms with Crippen LogP contribution in [0.1, 0.15) is 23.7 Å². The average molecular weight is 362 g/mol. The lowest BCUT2D eigenvalue weighted by atomic mass is 10.2. The predicted molar refractivity (Wildman–Crippen MR) is 99.9 cm³/mol. The van der Waals surface area contributed by atoms with Crippen molar-refractivity contribution in [1.29, 1.82) is 0 Å². The Morgan fingerprint density at radius 1 is 1.15 bits per heavy atom. The number of nitrogens with one attached hydrogen (secondary N) is 3. The molecule has 2 heterocycles. The van der Waals surface area contributed by atoms with Crippen LogP contribution in [0.5, 0.6) is 0 Å². The Labute approximate surface area is 155 Å². The molecule has 2 atom stereocenters. The summed E-state index contributed by atoms with van der Waals surface area (Å²) in [5.41, 5.74) is 1.63. The number of aromatic nitrogens is 4. The van der Waals surface area contributed by atoms with E-state index in [-0.39, 0.29) is 23.7 Å². The molecule has 8 nitrogen and oxygen atoms in total. The fraction of sp³-hybridized carbons (Fsp3) is 0.211. The van der Waals surface area contributed by atoms with Crippen molar-refractivity contribution in [1.82, 2.24) is 20.2 Å². The van der Waals surface area contributed by atoms with Crippen LogP contribution < -0.4 is 10.6 Å². The minimum Gasteiger partial charge on any atom is -0.326 e. The summed E-state index contributed by atoms with van der Waals surface area (Å²) in [4.78, 5) is 32.9. The van der Waals surface area contributed by atoms with Crippen LogP contribution >= 0.6 is 0 Å². The zero-order valence-electron chi connectivity index (χ0n) is 14.6. The Hall–Kier alpha value is -3.55. The lowest BCUT2D eigenvalue weighted by molar-refractivity contribution is -0.117. The van der Waals surface area contributed by atoms with Crippen LogP contribution in [0.4, 0.5) is 11.6 Å². The Kier molecular flexibility index (Phi) is 4.37. The molecule has 8 heteroatoms. The van der Waals surface area contributed by atoms with E-state index in [1.165, 1.54) is 0 Å². The van der Waals surface area contributed by atoms with Crippen molar-refractivity contribution in [2.75, 3.05) is 10.6 Å². The highest BCUT2D eigenvalue weighted by Crippen LogP contribution is 2.38. The van der Waals surface area contributed by atoms with Gasteiger partial charge in [0.15, 0.2) is 5.82 Å². The number of rotatable bonds is 5. The maximum Gasteiger partial charge on any atom is 0.258 e. The average Bonchev–Trinajstić information content (AvgIpc) is 3.24. The van der Waals surface area contributed by atoms with Crippen molar-refractivity contribution in [3.8, 4) is 11.5 Å². The Balaban J connectivity index is 1.43. The molecule has 0 saturated heterocycles. The number of anilines is 2. The van der Waals surface area contributed by atoms with Gasteiger partial charge in [-0.05, 0) is 42.7 Å². The van der Waals surface area contributed by atoms with Crippen molar-refractivity contribution in [2.45, 2.75) is 13.3 Å². The predicted octanol–water partition coefficient (Wildman–Crippen LogP) is 2.71. The molecule has 0 spiro atoms. The van der Waals surface area contributed by atoms with Gasteiger partial charge in [0, 0.05) is 23.4 Å². The maximum atomic E-state index is 12.5. The molecular formula is C19H18N6O2. The second-order valence-electron chi connectivity index (χ2n) is 6.57. The minimum absolute atomic E-state index is 0.00553. The number of hydrogen-bond acceptors (Lipinski definition) is 5. The van der Waals surface area contributed by atoms with E-state index < -0.39 is 0 Å². The zero-order chi connectivity index (χ0) is 18.8. The molecule has 1 aliphatic carbocycles. The van der Waals surface area contributed by atoms with E-state index in [4.69, 9.17) is 0 Å². The molecule has 4 rings (SSSR count). The molecule has 1 fully saturated rings. The Morgan fingerprint density at radius 2 is 2.00 bits per heavy atom. The summed E-state index contributed by atoms with van der Waals surface area (Å²) in [6.45, 7) is 2.05. The number of nitrogens with zero attached hydrogens (tertiary/aromatic N) is 3. The summed E-state index contributed by atoms with van der Waals surface area (Å²) in [6, 6.07) is 12.2. The molecule has 136 valence electrons. The highest BCUT2D eigenvalue weighted by atomic mass is 16.2. The molecule has 1 aromatic carbocycles. The van der Waals surface area contributed by atoms with Gasteiger partial charge in [0.05, 0.1) is 0 Å². The van der Waals surface area contributed by atoms with Crippen LogP contribution in [0.25, 0.3) is 11.5 Å². The smallest absolute Gasteiger partial charge is 0.258 e. The number of amides is 2. The van der Waals surface area contributed by atoms with E-state index in [9.17, 15) is 9.59 Å². The monoisotopic (exact) mass is 362 g/mol. The second-order valence-corrected chi connectivity index (χ2v) is 6.57. The third-order valence-corrected chi connectivity index (χ3v) is 4.46. The fourth-order valence-electron chi connectivity index (χ4n) is 2.77. The van der Waals surface area contributed by atoms with E-state index in [2.05, 4.69) is 30.8 Å². The first-order chi connectivity index (χ1) is 13.1. The van der Waals surface area contributed by atoms with Gasteiger partial charge in [0.2, 0.25) is 11.9 Å². The van der Waals surface area contributed by atoms with Crippen LogP contribution in [0.15, 0.2) is 48.7 Å². The topological polar surface area (TPSA) is 113 Å². The first kappa shape index (κ1) is 16.9. The first-order valence-electron chi connectivity index (χ1n) is 8.66. The number of carbonyl (C=O) groups excluding carboxylic acids is 2. The third-order valence-electron chi connectivity index (χ3n) is 4.46. The maximum absolute atomic E-state index is 12.5. The molecule has 27 heavy (non-hydrogen) atoms. The first-order valence-corrected chi connectivity index (χ1v) is 8.66. The van der Waals surface area contributed by atoms with Crippen LogP contribution in [-0.2, 0) is 4.79 Å². The summed E-state index contributed by atoms with van der Waals surface area (Å²) in [5, 5.41) is 12.2. The van der Waals surface area contributed by atoms with Gasteiger partial charge in [-0.2, -0.15) is 4.98 Å². The number of pyridine rings is 1. The van der Waals surface area contributed by atoms with Crippen molar-refractivity contribution < 1.29 is 9.59 Å². The lowest BCUT2D eigenvalue weighted by Crippen LogP contribution is -2.16. The number of aromatic amines is 1. The summed E-state index contributed by atoms with van der Waals surface area (Å²) in [6.07, 6.45) is 2.56. The number of benzene rings is 1. The Morgan fingerprint density at radius 3 is 2.74 bits per heavy atom. The van der Waals surface area contributed by atoms with E-state index >= 15 is 0 Å². The van der Waals surface area contributed by atoms with Crippen molar-refractivity contribution in [3.63, 3.8) is 0 Å². The molecule has 1 aliphatic rings. The van der Waals surface area contributed by atoms with E-state index in [1.807, 2.05) is 13.0 Å². The van der Waals surface area contributed by atoms with Crippen LogP contribution in [-0.4, -0.2) is 32.0 Å². The van der Waals surface area contributed by atoms with Gasteiger partial charge in [-0.25, -0.2) is 0 Å². The highest BCUT2D eigenvalue weighted by molar-refractivity contribution is 6.04. The van der Waals surface area contributed by atoms with Gasteiger partial charge < -0.3 is 5.32 Å². The van der Waals surface area contributed by atoms with Gasteiger partial charge in [-0.3, -0.25) is 25.0 Å². The highest BCUT2D eigenvalue weighted by Gasteiger charge is 2.39. The SMILES string of the molecule is C[C@H]1C[C@@H]1C(=O)Nc1cccc(C(=O)Nc2n[nH]c(-c3ccccn3)n2)c1. The standard InChI is InChI=1S/C19H18N6O2/c1-11-9-14(11)18(27)21-13-6-4-5-12(10-13)17(26)23-19-22-16(24-25-19)15-7-2-3-8-20-15/h2-8,10-11,14H,9H2,1H3,(H,21,27)(H2,22,23,24,25,26)/t11-,14-/m0/s1. The second kappa shape index (κ2) is 6.99. The van der Waals surface area contributed by atoms with Crippen molar-refractivity contribution in [3.05, 3.63) is 54.2 Å². The van der Waals surface area contributed by atoms with Gasteiger partial charge in [0.1, 0.15) is 5.69 Å². The third kappa shape index (κ3) is 3.84. The number of H-pyrrole nitrogens is 1. The van der Waals surface area contributed by atoms with Gasteiger partial charge >= 0.3 is 0 Å². The summed E-state index contributed by atoms with van der Waals surface area (Å²) >= 11 is 0. The molecule has 1 saturated carbocycles. The molecule has 3 aromatic rings. The lowest BCUT2D eigenvalue weighted by Gasteiger charge is -2.07. The summed E-state index contributed by atoms with van der Waals surface area (Å²) in [5.74, 6) is 0.745. The number of carbonyl (C=O) groups is 2. The quantitative estimate of drug-likeness (QED) is 0.646. The van der Waals surface area contributed by atoms with Crippen molar-refractivity contribution >= 4 is 23.5 Å². The summed E-state index contributed by atoms with van der Waals surface area (Å²) < 4.78 is 0. The largest absolute Gasteiger partial charge is 0.326 e. The molecule has 2 amide bonds. The van der Waals surface area contributed by atoms with Gasteiger partial charge in [-0.1, -0.05) is 19.1 Å². The zero-order valence-corrected chi connectivity index (χ0v) is 14.6. The van der Waals surface area contributed by atoms with E-state index in [0.717, 1.165) is 6.42 Å². The molecular weight excluding hydrogens is 344 g/mol.